The minimum absolute atomic E-state index is 0.245. The average Bonchev–Trinajstić information content (AvgIpc) is 3.31. The molecule has 2 atom stereocenters. The van der Waals surface area contributed by atoms with Gasteiger partial charge >= 0.3 is 0 Å². The van der Waals surface area contributed by atoms with Gasteiger partial charge in [-0.05, 0) is 47.5 Å². The van der Waals surface area contributed by atoms with Crippen LogP contribution >= 0.6 is 23.4 Å². The predicted molar refractivity (Wildman–Crippen MR) is 125 cm³/mol. The van der Waals surface area contributed by atoms with Gasteiger partial charge < -0.3 is 4.57 Å². The van der Waals surface area contributed by atoms with Crippen molar-refractivity contribution in [3.8, 4) is 0 Å². The normalized spacial score (nSPS) is 13.1. The first kappa shape index (κ1) is 20.9. The Kier molecular flexibility index (Phi) is 7.05. The van der Waals surface area contributed by atoms with Crippen molar-refractivity contribution in [2.75, 3.05) is 0 Å². The maximum atomic E-state index is 12.8. The van der Waals surface area contributed by atoms with Gasteiger partial charge in [0.1, 0.15) is 0 Å². The first-order valence-corrected chi connectivity index (χ1v) is 12.2. The topological polar surface area (TPSA) is 34.9 Å². The van der Waals surface area contributed by atoms with Crippen molar-refractivity contribution < 1.29 is 4.21 Å². The Morgan fingerprint density at radius 3 is 2.30 bits per heavy atom. The standard InChI is InChI=1S/C24H21ClN2OS2/c25-21-10-6-19(7-11-21)17-29-24(16-27-15-14-26-18-27)20-8-12-23(13-9-20)30(28)22-4-2-1-3-5-22/h1-15,18,24H,16-17H2. The molecule has 0 spiro atoms. The molecule has 4 aromatic rings. The van der Waals surface area contributed by atoms with Crippen LogP contribution in [0.15, 0.2) is 107 Å². The van der Waals surface area contributed by atoms with E-state index in [2.05, 4.69) is 33.8 Å². The second-order valence-electron chi connectivity index (χ2n) is 6.84. The Morgan fingerprint density at radius 2 is 1.63 bits per heavy atom. The molecule has 1 aromatic heterocycles. The summed E-state index contributed by atoms with van der Waals surface area (Å²) in [5.74, 6) is 0.883. The zero-order valence-electron chi connectivity index (χ0n) is 16.2. The van der Waals surface area contributed by atoms with Crippen LogP contribution in [-0.2, 0) is 23.1 Å². The molecule has 0 aliphatic heterocycles. The molecule has 0 saturated carbocycles. The molecule has 0 aliphatic carbocycles. The fourth-order valence-electron chi connectivity index (χ4n) is 3.10. The summed E-state index contributed by atoms with van der Waals surface area (Å²) in [6.07, 6.45) is 5.62. The molecule has 0 amide bonds. The molecule has 0 aliphatic rings. The first-order valence-electron chi connectivity index (χ1n) is 9.57. The van der Waals surface area contributed by atoms with Crippen molar-refractivity contribution in [1.82, 2.24) is 9.55 Å². The minimum atomic E-state index is -1.17. The SMILES string of the molecule is O=S(c1ccccc1)c1ccc(C(Cn2ccnc2)SCc2ccc(Cl)cc2)cc1. The number of thioether (sulfide) groups is 1. The largest absolute Gasteiger partial charge is 0.336 e. The molecule has 0 radical (unpaired) electrons. The second-order valence-corrected chi connectivity index (χ2v) is 9.94. The number of hydrogen-bond acceptors (Lipinski definition) is 3. The van der Waals surface area contributed by atoms with Crippen molar-refractivity contribution in [3.63, 3.8) is 0 Å². The lowest BCUT2D eigenvalue weighted by Crippen LogP contribution is -2.06. The molecule has 6 heteroatoms. The van der Waals surface area contributed by atoms with E-state index in [-0.39, 0.29) is 5.25 Å². The highest BCUT2D eigenvalue weighted by Gasteiger charge is 2.15. The van der Waals surface area contributed by atoms with Crippen molar-refractivity contribution in [2.24, 2.45) is 0 Å². The lowest BCUT2D eigenvalue weighted by molar-refractivity contribution is 0.680. The Morgan fingerprint density at radius 1 is 0.933 bits per heavy atom. The van der Waals surface area contributed by atoms with Crippen LogP contribution in [0.3, 0.4) is 0 Å². The summed E-state index contributed by atoms with van der Waals surface area (Å²) in [4.78, 5) is 5.80. The summed E-state index contributed by atoms with van der Waals surface area (Å²) >= 11 is 7.88. The van der Waals surface area contributed by atoms with Gasteiger partial charge in [-0.3, -0.25) is 0 Å². The zero-order valence-corrected chi connectivity index (χ0v) is 18.6. The van der Waals surface area contributed by atoms with E-state index in [1.165, 1.54) is 11.1 Å². The number of imidazole rings is 1. The summed E-state index contributed by atoms with van der Waals surface area (Å²) < 4.78 is 14.9. The van der Waals surface area contributed by atoms with E-state index < -0.39 is 10.8 Å². The number of aromatic nitrogens is 2. The fraction of sp³-hybridized carbons (Fsp3) is 0.125. The molecule has 4 rings (SSSR count). The monoisotopic (exact) mass is 452 g/mol. The molecule has 1 heterocycles. The molecule has 152 valence electrons. The molecule has 30 heavy (non-hydrogen) atoms. The molecule has 2 unspecified atom stereocenters. The van der Waals surface area contributed by atoms with Crippen LogP contribution in [0.25, 0.3) is 0 Å². The third-order valence-electron chi connectivity index (χ3n) is 4.72. The van der Waals surface area contributed by atoms with Crippen molar-refractivity contribution in [1.29, 1.82) is 0 Å². The van der Waals surface area contributed by atoms with Gasteiger partial charge in [0, 0.05) is 44.8 Å². The van der Waals surface area contributed by atoms with Gasteiger partial charge in [-0.15, -0.1) is 11.8 Å². The summed E-state index contributed by atoms with van der Waals surface area (Å²) in [6.45, 7) is 0.819. The maximum absolute atomic E-state index is 12.8. The van der Waals surface area contributed by atoms with E-state index in [1.807, 2.05) is 78.9 Å². The number of halogens is 1. The van der Waals surface area contributed by atoms with Crippen molar-refractivity contribution in [3.05, 3.63) is 114 Å². The van der Waals surface area contributed by atoms with Crippen molar-refractivity contribution in [2.45, 2.75) is 27.3 Å². The smallest absolute Gasteiger partial charge is 0.0946 e. The van der Waals surface area contributed by atoms with Gasteiger partial charge in [0.25, 0.3) is 0 Å². The van der Waals surface area contributed by atoms with Crippen LogP contribution in [0.5, 0.6) is 0 Å². The second kappa shape index (κ2) is 10.1. The Labute approximate surface area is 188 Å². The third kappa shape index (κ3) is 5.42. The minimum Gasteiger partial charge on any atom is -0.336 e. The molecule has 0 bridgehead atoms. The van der Waals surface area contributed by atoms with E-state index in [0.717, 1.165) is 27.1 Å². The van der Waals surface area contributed by atoms with Gasteiger partial charge in [-0.25, -0.2) is 9.19 Å². The van der Waals surface area contributed by atoms with Crippen molar-refractivity contribution >= 4 is 34.2 Å². The van der Waals surface area contributed by atoms with Crippen LogP contribution in [0.1, 0.15) is 16.4 Å². The quantitative estimate of drug-likeness (QED) is 0.311. The summed E-state index contributed by atoms with van der Waals surface area (Å²) in [6, 6.07) is 25.7. The number of nitrogens with zero attached hydrogens (tertiary/aromatic N) is 2. The number of hydrogen-bond donors (Lipinski definition) is 0. The van der Waals surface area contributed by atoms with Gasteiger partial charge in [0.15, 0.2) is 0 Å². The van der Waals surface area contributed by atoms with Gasteiger partial charge in [-0.1, -0.05) is 54.1 Å². The van der Waals surface area contributed by atoms with Gasteiger partial charge in [-0.2, -0.15) is 0 Å². The average molecular weight is 453 g/mol. The van der Waals surface area contributed by atoms with Crippen LogP contribution in [-0.4, -0.2) is 13.8 Å². The molecule has 0 fully saturated rings. The fourth-order valence-corrected chi connectivity index (χ4v) is 5.50. The van der Waals surface area contributed by atoms with E-state index in [9.17, 15) is 4.21 Å². The summed E-state index contributed by atoms with van der Waals surface area (Å²) in [5, 5.41) is 0.995. The van der Waals surface area contributed by atoms with Crippen LogP contribution in [0, 0.1) is 0 Å². The highest BCUT2D eigenvalue weighted by molar-refractivity contribution is 7.98. The lowest BCUT2D eigenvalue weighted by atomic mass is 10.1. The van der Waals surface area contributed by atoms with E-state index in [4.69, 9.17) is 11.6 Å². The molecule has 0 saturated heterocycles. The summed E-state index contributed by atoms with van der Waals surface area (Å²) in [7, 11) is -1.17. The van der Waals surface area contributed by atoms with E-state index in [1.54, 1.807) is 6.20 Å². The third-order valence-corrected chi connectivity index (χ3v) is 7.70. The Hall–Kier alpha value is -2.34. The zero-order chi connectivity index (χ0) is 20.8. The van der Waals surface area contributed by atoms with Crippen LogP contribution in [0.4, 0.5) is 0 Å². The Balaban J connectivity index is 1.52. The molecule has 3 aromatic carbocycles. The molecule has 0 N–H and O–H groups in total. The van der Waals surface area contributed by atoms with Gasteiger partial charge in [0.2, 0.25) is 0 Å². The van der Waals surface area contributed by atoms with E-state index >= 15 is 0 Å². The highest BCUT2D eigenvalue weighted by Crippen LogP contribution is 2.34. The highest BCUT2D eigenvalue weighted by atomic mass is 35.5. The molecular formula is C24H21ClN2OS2. The van der Waals surface area contributed by atoms with Gasteiger partial charge in [0.05, 0.1) is 17.1 Å². The lowest BCUT2D eigenvalue weighted by Gasteiger charge is -2.18. The Bertz CT molecular complexity index is 1080. The van der Waals surface area contributed by atoms with E-state index in [0.29, 0.717) is 0 Å². The number of benzene rings is 3. The number of rotatable bonds is 8. The first-order chi connectivity index (χ1) is 14.7. The predicted octanol–water partition coefficient (Wildman–Crippen LogP) is 6.38. The molecule has 3 nitrogen and oxygen atoms in total. The maximum Gasteiger partial charge on any atom is 0.0946 e. The van der Waals surface area contributed by atoms with Crippen LogP contribution < -0.4 is 0 Å². The summed E-state index contributed by atoms with van der Waals surface area (Å²) in [5.41, 5.74) is 2.44. The van der Waals surface area contributed by atoms with Crippen LogP contribution in [0.2, 0.25) is 5.02 Å². The molecular weight excluding hydrogens is 432 g/mol.